The van der Waals surface area contributed by atoms with Crippen molar-refractivity contribution >= 4 is 29.3 Å². The summed E-state index contributed by atoms with van der Waals surface area (Å²) in [5, 5.41) is 32.2. The van der Waals surface area contributed by atoms with Gasteiger partial charge in [-0.2, -0.15) is 9.61 Å². The van der Waals surface area contributed by atoms with Gasteiger partial charge in [0, 0.05) is 25.4 Å². The van der Waals surface area contributed by atoms with Crippen LogP contribution in [-0.2, 0) is 4.74 Å². The van der Waals surface area contributed by atoms with Crippen molar-refractivity contribution in [3.05, 3.63) is 41.9 Å². The predicted molar refractivity (Wildman–Crippen MR) is 152 cm³/mol. The first-order valence-corrected chi connectivity index (χ1v) is 13.7. The van der Waals surface area contributed by atoms with E-state index < -0.39 is 35.5 Å². The highest BCUT2D eigenvalue weighted by atomic mass is 16.6. The fourth-order valence-electron chi connectivity index (χ4n) is 4.90. The molecule has 1 aliphatic heterocycles. The molecular formula is C28H41N7O5. The van der Waals surface area contributed by atoms with Crippen molar-refractivity contribution in [1.82, 2.24) is 24.8 Å². The number of hydrogen-bond acceptors (Lipinski definition) is 9. The molecule has 4 rings (SSSR count). The molecule has 12 heteroatoms. The molecule has 0 radical (unpaired) electrons. The van der Waals surface area contributed by atoms with Crippen LogP contribution in [0.1, 0.15) is 77.6 Å². The van der Waals surface area contributed by atoms with Gasteiger partial charge < -0.3 is 30.5 Å². The molecular weight excluding hydrogens is 514 g/mol. The lowest BCUT2D eigenvalue weighted by molar-refractivity contribution is -0.00860. The van der Waals surface area contributed by atoms with Gasteiger partial charge in [0.15, 0.2) is 11.9 Å². The smallest absolute Gasteiger partial charge is 0.415 e. The molecule has 0 aromatic carbocycles. The maximum Gasteiger partial charge on any atom is 0.415 e. The summed E-state index contributed by atoms with van der Waals surface area (Å²) in [7, 11) is 1.55. The lowest BCUT2D eigenvalue weighted by atomic mass is 9.81. The molecule has 0 saturated heterocycles. The number of hydrogen-bond donors (Lipinski definition) is 4. The first-order chi connectivity index (χ1) is 18.7. The van der Waals surface area contributed by atoms with E-state index in [0.717, 1.165) is 12.8 Å². The fraction of sp³-hybridized carbons (Fsp3) is 0.571. The van der Waals surface area contributed by atoms with Crippen molar-refractivity contribution in [1.29, 1.82) is 0 Å². The van der Waals surface area contributed by atoms with E-state index in [2.05, 4.69) is 20.7 Å². The highest BCUT2D eigenvalue weighted by Crippen LogP contribution is 2.29. The molecule has 1 aliphatic carbocycles. The predicted octanol–water partition coefficient (Wildman–Crippen LogP) is 3.38. The summed E-state index contributed by atoms with van der Waals surface area (Å²) in [5.74, 6) is 0.164. The average Bonchev–Trinajstić information content (AvgIpc) is 3.28. The number of ether oxygens (including phenoxy) is 1. The van der Waals surface area contributed by atoms with E-state index in [1.165, 1.54) is 15.6 Å². The third kappa shape index (κ3) is 6.23. The topological polar surface area (TPSA) is 145 Å². The first kappa shape index (κ1) is 29.3. The van der Waals surface area contributed by atoms with Crippen LogP contribution in [0, 0.1) is 0 Å². The second-order valence-corrected chi connectivity index (χ2v) is 12.0. The molecule has 1 saturated carbocycles. The molecule has 218 valence electrons. The lowest BCUT2D eigenvalue weighted by Gasteiger charge is -2.37. The Morgan fingerprint density at radius 3 is 2.65 bits per heavy atom. The maximum absolute atomic E-state index is 13.4. The zero-order valence-electron chi connectivity index (χ0n) is 24.3. The molecule has 4 N–H and O–H groups in total. The third-order valence-corrected chi connectivity index (χ3v) is 7.15. The second-order valence-electron chi connectivity index (χ2n) is 12.0. The summed E-state index contributed by atoms with van der Waals surface area (Å²) in [5.41, 5.74) is -0.883. The number of amides is 2. The Bertz CT molecular complexity index is 1320. The van der Waals surface area contributed by atoms with E-state index in [1.54, 1.807) is 58.0 Å². The van der Waals surface area contributed by atoms with Crippen molar-refractivity contribution in [3.63, 3.8) is 0 Å². The van der Waals surface area contributed by atoms with Crippen LogP contribution in [0.2, 0.25) is 0 Å². The van der Waals surface area contributed by atoms with Crippen LogP contribution in [0.15, 0.2) is 36.3 Å². The molecule has 1 fully saturated rings. The number of carbonyl (C=O) groups excluding carboxylic acids is 2. The van der Waals surface area contributed by atoms with Gasteiger partial charge in [0.25, 0.3) is 5.91 Å². The summed E-state index contributed by atoms with van der Waals surface area (Å²) in [4.78, 5) is 34.2. The monoisotopic (exact) mass is 555 g/mol. The number of aliphatic hydroxyl groups is 2. The molecule has 40 heavy (non-hydrogen) atoms. The summed E-state index contributed by atoms with van der Waals surface area (Å²) in [6.07, 6.45) is 8.26. The molecule has 2 aromatic heterocycles. The Hall–Kier alpha value is -3.64. The van der Waals surface area contributed by atoms with Crippen LogP contribution in [-0.4, -0.2) is 78.3 Å². The molecule has 2 amide bonds. The normalized spacial score (nSPS) is 23.2. The minimum absolute atomic E-state index is 0.0446. The van der Waals surface area contributed by atoms with E-state index in [1.807, 2.05) is 19.9 Å². The Morgan fingerprint density at radius 1 is 1.27 bits per heavy atom. The van der Waals surface area contributed by atoms with Crippen LogP contribution in [0.25, 0.3) is 5.65 Å². The van der Waals surface area contributed by atoms with E-state index in [-0.39, 0.29) is 17.3 Å². The molecule has 3 heterocycles. The highest BCUT2D eigenvalue weighted by molar-refractivity contribution is 6.00. The Morgan fingerprint density at radius 2 is 2.00 bits per heavy atom. The van der Waals surface area contributed by atoms with Crippen LogP contribution in [0.4, 0.5) is 16.4 Å². The van der Waals surface area contributed by atoms with Gasteiger partial charge in [-0.25, -0.2) is 9.78 Å². The van der Waals surface area contributed by atoms with Crippen molar-refractivity contribution in [2.24, 2.45) is 0 Å². The number of allylic oxidation sites excluding steroid dienone is 2. The Labute approximate surface area is 234 Å². The Balaban J connectivity index is 1.74. The van der Waals surface area contributed by atoms with Crippen LogP contribution in [0.3, 0.4) is 0 Å². The van der Waals surface area contributed by atoms with Gasteiger partial charge in [0.05, 0.1) is 23.5 Å². The first-order valence-electron chi connectivity index (χ1n) is 13.7. The summed E-state index contributed by atoms with van der Waals surface area (Å²) in [6, 6.07) is 1.23. The van der Waals surface area contributed by atoms with E-state index in [9.17, 15) is 19.8 Å². The molecule has 12 nitrogen and oxygen atoms in total. The van der Waals surface area contributed by atoms with Gasteiger partial charge in [-0.3, -0.25) is 9.69 Å². The largest absolute Gasteiger partial charge is 0.443 e. The SMILES string of the molecule is CC(C)N1C=CC=C(Nc2cc(N(C)C(=O)OC(C)(C)C)n3ncc(C(=O)N[C@H]4CCCC[C@]4(C)O)c3n2)C1O. The molecule has 2 aliphatic rings. The van der Waals surface area contributed by atoms with Crippen molar-refractivity contribution in [2.45, 2.75) is 96.7 Å². The van der Waals surface area contributed by atoms with E-state index in [4.69, 9.17) is 4.74 Å². The number of aliphatic hydroxyl groups excluding tert-OH is 1. The van der Waals surface area contributed by atoms with E-state index in [0.29, 0.717) is 30.2 Å². The standard InChI is InChI=1S/C28H41N7O5/c1-17(2)34-14-10-11-19(25(34)37)30-21-15-22(33(7)26(38)40-27(3,4)5)35-23(32-21)18(16-29-35)24(36)31-20-12-8-9-13-28(20,6)39/h10-11,14-17,20,25,37,39H,8-9,12-13H2,1-7H3,(H,30,32)(H,31,36)/t20-,25?,28-/m0/s1. The Kier molecular flexibility index (Phi) is 8.13. The van der Waals surface area contributed by atoms with Gasteiger partial charge >= 0.3 is 6.09 Å². The molecule has 0 bridgehead atoms. The average molecular weight is 556 g/mol. The van der Waals surface area contributed by atoms with E-state index >= 15 is 0 Å². The molecule has 1 unspecified atom stereocenters. The van der Waals surface area contributed by atoms with Gasteiger partial charge in [-0.05, 0) is 66.5 Å². The van der Waals surface area contributed by atoms with Gasteiger partial charge in [0.1, 0.15) is 22.8 Å². The summed E-state index contributed by atoms with van der Waals surface area (Å²) < 4.78 is 6.96. The maximum atomic E-state index is 13.4. The van der Waals surface area contributed by atoms with Crippen molar-refractivity contribution < 1.29 is 24.5 Å². The minimum Gasteiger partial charge on any atom is -0.443 e. The van der Waals surface area contributed by atoms with Gasteiger partial charge in [-0.15, -0.1) is 0 Å². The highest BCUT2D eigenvalue weighted by Gasteiger charge is 2.36. The number of nitrogens with one attached hydrogen (secondary N) is 2. The molecule has 2 aromatic rings. The van der Waals surface area contributed by atoms with Gasteiger partial charge in [0.2, 0.25) is 0 Å². The fourth-order valence-corrected chi connectivity index (χ4v) is 4.90. The zero-order chi connectivity index (χ0) is 29.4. The molecule has 3 atom stereocenters. The number of nitrogens with zero attached hydrogens (tertiary/aromatic N) is 5. The number of fused-ring (bicyclic) bond motifs is 1. The summed E-state index contributed by atoms with van der Waals surface area (Å²) >= 11 is 0. The second kappa shape index (κ2) is 11.1. The quantitative estimate of drug-likeness (QED) is 0.422. The lowest BCUT2D eigenvalue weighted by Crippen LogP contribution is -2.52. The summed E-state index contributed by atoms with van der Waals surface area (Å²) in [6.45, 7) is 11.0. The van der Waals surface area contributed by atoms with Crippen LogP contribution < -0.4 is 15.5 Å². The zero-order valence-corrected chi connectivity index (χ0v) is 24.3. The van der Waals surface area contributed by atoms with Crippen LogP contribution in [0.5, 0.6) is 0 Å². The molecule has 0 spiro atoms. The van der Waals surface area contributed by atoms with Crippen molar-refractivity contribution in [2.75, 3.05) is 17.3 Å². The minimum atomic E-state index is -1.02. The number of carbonyl (C=O) groups is 2. The van der Waals surface area contributed by atoms with Crippen LogP contribution >= 0.6 is 0 Å². The number of aromatic nitrogens is 3. The van der Waals surface area contributed by atoms with Gasteiger partial charge in [-0.1, -0.05) is 12.8 Å². The number of rotatable bonds is 6. The third-order valence-electron chi connectivity index (χ3n) is 7.15. The van der Waals surface area contributed by atoms with Crippen molar-refractivity contribution in [3.8, 4) is 0 Å². The number of anilines is 2.